The van der Waals surface area contributed by atoms with E-state index in [1.54, 1.807) is 0 Å². The van der Waals surface area contributed by atoms with Crippen molar-refractivity contribution in [1.82, 2.24) is 0 Å². The number of rotatable bonds is 4. The first-order valence-electron chi connectivity index (χ1n) is 6.54. The van der Waals surface area contributed by atoms with Gasteiger partial charge in [-0.15, -0.1) is 0 Å². The zero-order chi connectivity index (χ0) is 12.0. The Hall–Kier alpha value is -0.0800. The summed E-state index contributed by atoms with van der Waals surface area (Å²) < 4.78 is 11.5. The quantitative estimate of drug-likeness (QED) is 0.683. The smallest absolute Gasteiger partial charge is 0.155 e. The van der Waals surface area contributed by atoms with Gasteiger partial charge in [-0.2, -0.15) is 0 Å². The molecule has 2 heteroatoms. The highest BCUT2D eigenvalue weighted by Crippen LogP contribution is 2.66. The fourth-order valence-electron chi connectivity index (χ4n) is 3.68. The van der Waals surface area contributed by atoms with Crippen LogP contribution in [-0.4, -0.2) is 19.0 Å². The van der Waals surface area contributed by atoms with Gasteiger partial charge in [0.1, 0.15) is 0 Å². The van der Waals surface area contributed by atoms with Gasteiger partial charge in [0, 0.05) is 12.0 Å². The van der Waals surface area contributed by atoms with Crippen LogP contribution >= 0.6 is 0 Å². The van der Waals surface area contributed by atoms with Crippen LogP contribution in [0.4, 0.5) is 0 Å². The van der Waals surface area contributed by atoms with Crippen LogP contribution < -0.4 is 0 Å². The minimum Gasteiger partial charge on any atom is -0.353 e. The van der Waals surface area contributed by atoms with Gasteiger partial charge in [-0.25, -0.2) is 0 Å². The molecule has 2 rings (SSSR count). The summed E-state index contributed by atoms with van der Waals surface area (Å²) in [6.45, 7) is 13.9. The lowest BCUT2D eigenvalue weighted by Gasteiger charge is -2.39. The standard InChI is InChI=1S/C14H25O2/c1-6-15-10(2)16-12-9-11-7-8-14(12,5)13(11,3)4/h10-12H,5-9H2,1-4H3. The average Bonchev–Trinajstić information content (AvgIpc) is 2.51. The lowest BCUT2D eigenvalue weighted by molar-refractivity contribution is -0.182. The minimum absolute atomic E-state index is 0.0937. The van der Waals surface area contributed by atoms with Crippen LogP contribution in [0.25, 0.3) is 0 Å². The molecule has 16 heavy (non-hydrogen) atoms. The monoisotopic (exact) mass is 225 g/mol. The Balaban J connectivity index is 2.04. The second kappa shape index (κ2) is 3.99. The summed E-state index contributed by atoms with van der Waals surface area (Å²) >= 11 is 0. The molecule has 4 atom stereocenters. The van der Waals surface area contributed by atoms with Crippen molar-refractivity contribution in [3.8, 4) is 0 Å². The summed E-state index contributed by atoms with van der Waals surface area (Å²) in [7, 11) is 0. The average molecular weight is 225 g/mol. The summed E-state index contributed by atoms with van der Waals surface area (Å²) in [6, 6.07) is 0. The van der Waals surface area contributed by atoms with E-state index in [4.69, 9.17) is 9.47 Å². The van der Waals surface area contributed by atoms with Crippen molar-refractivity contribution < 1.29 is 9.47 Å². The molecule has 93 valence electrons. The van der Waals surface area contributed by atoms with Crippen LogP contribution in [0.5, 0.6) is 0 Å². The maximum Gasteiger partial charge on any atom is 0.155 e. The van der Waals surface area contributed by atoms with E-state index < -0.39 is 0 Å². The van der Waals surface area contributed by atoms with E-state index in [9.17, 15) is 0 Å². The second-order valence-electron chi connectivity index (χ2n) is 6.00. The molecule has 0 heterocycles. The predicted molar refractivity (Wildman–Crippen MR) is 64.9 cm³/mol. The Bertz CT molecular complexity index is 261. The molecular formula is C14H25O2. The van der Waals surface area contributed by atoms with Crippen LogP contribution in [0.2, 0.25) is 0 Å². The molecule has 2 aliphatic rings. The lowest BCUT2D eigenvalue weighted by Crippen LogP contribution is -2.39. The number of ether oxygens (including phenoxy) is 2. The van der Waals surface area contributed by atoms with Gasteiger partial charge in [0.05, 0.1) is 6.10 Å². The van der Waals surface area contributed by atoms with E-state index in [-0.39, 0.29) is 17.8 Å². The Labute approximate surface area is 99.7 Å². The van der Waals surface area contributed by atoms with Crippen LogP contribution in [0.1, 0.15) is 47.0 Å². The molecule has 0 saturated heterocycles. The van der Waals surface area contributed by atoms with Crippen molar-refractivity contribution in [2.24, 2.45) is 16.7 Å². The minimum atomic E-state index is -0.0937. The first-order chi connectivity index (χ1) is 7.41. The zero-order valence-corrected chi connectivity index (χ0v) is 11.1. The Kier molecular flexibility index (Phi) is 3.09. The van der Waals surface area contributed by atoms with Crippen molar-refractivity contribution >= 4 is 0 Å². The van der Waals surface area contributed by atoms with Gasteiger partial charge >= 0.3 is 0 Å². The molecule has 0 aromatic carbocycles. The fraction of sp³-hybridized carbons (Fsp3) is 0.929. The van der Waals surface area contributed by atoms with Crippen LogP contribution in [0.15, 0.2) is 0 Å². The van der Waals surface area contributed by atoms with Crippen molar-refractivity contribution in [3.05, 3.63) is 6.92 Å². The molecule has 4 unspecified atom stereocenters. The molecule has 0 aromatic rings. The molecule has 0 spiro atoms. The normalized spacial score (nSPS) is 42.6. The van der Waals surface area contributed by atoms with Gasteiger partial charge in [0.15, 0.2) is 6.29 Å². The molecule has 0 amide bonds. The molecule has 0 aromatic heterocycles. The fourth-order valence-corrected chi connectivity index (χ4v) is 3.68. The van der Waals surface area contributed by atoms with Crippen LogP contribution in [0, 0.1) is 23.7 Å². The molecule has 2 aliphatic carbocycles. The van der Waals surface area contributed by atoms with Gasteiger partial charge in [-0.1, -0.05) is 13.8 Å². The highest BCUT2D eigenvalue weighted by atomic mass is 16.7. The first-order valence-corrected chi connectivity index (χ1v) is 6.54. The van der Waals surface area contributed by atoms with E-state index in [0.717, 1.165) is 12.3 Å². The Morgan fingerprint density at radius 2 is 2.12 bits per heavy atom. The summed E-state index contributed by atoms with van der Waals surface area (Å²) in [5.74, 6) is 0.781. The van der Waals surface area contributed by atoms with Gasteiger partial charge < -0.3 is 9.47 Å². The first kappa shape index (κ1) is 12.4. The largest absolute Gasteiger partial charge is 0.353 e. The Morgan fingerprint density at radius 1 is 1.44 bits per heavy atom. The third-order valence-corrected chi connectivity index (χ3v) is 5.11. The molecule has 0 aliphatic heterocycles. The van der Waals surface area contributed by atoms with Crippen molar-refractivity contribution in [3.63, 3.8) is 0 Å². The van der Waals surface area contributed by atoms with E-state index in [0.29, 0.717) is 12.0 Å². The molecule has 1 radical (unpaired) electrons. The van der Waals surface area contributed by atoms with Crippen molar-refractivity contribution in [2.75, 3.05) is 6.61 Å². The van der Waals surface area contributed by atoms with E-state index >= 15 is 0 Å². The topological polar surface area (TPSA) is 18.5 Å². The molecule has 0 N–H and O–H groups in total. The Morgan fingerprint density at radius 3 is 2.56 bits per heavy atom. The zero-order valence-electron chi connectivity index (χ0n) is 11.1. The van der Waals surface area contributed by atoms with E-state index in [1.807, 2.05) is 13.8 Å². The van der Waals surface area contributed by atoms with Crippen molar-refractivity contribution in [2.45, 2.75) is 59.4 Å². The summed E-state index contributed by atoms with van der Waals surface area (Å²) in [5, 5.41) is 0. The third-order valence-electron chi connectivity index (χ3n) is 5.11. The molecule has 2 saturated carbocycles. The maximum atomic E-state index is 6.04. The molecule has 2 fully saturated rings. The highest BCUT2D eigenvalue weighted by molar-refractivity contribution is 5.14. The summed E-state index contributed by atoms with van der Waals surface area (Å²) in [6.07, 6.45) is 3.87. The number of hydrogen-bond acceptors (Lipinski definition) is 2. The number of fused-ring (bicyclic) bond motifs is 2. The molecule has 2 bridgehead atoms. The van der Waals surface area contributed by atoms with E-state index in [2.05, 4.69) is 20.8 Å². The van der Waals surface area contributed by atoms with Gasteiger partial charge in [-0.05, 0) is 51.4 Å². The van der Waals surface area contributed by atoms with Crippen LogP contribution in [-0.2, 0) is 9.47 Å². The second-order valence-corrected chi connectivity index (χ2v) is 6.00. The third kappa shape index (κ3) is 1.62. The SMILES string of the molecule is [CH2]C12CCC(CC1OC(C)OCC)C2(C)C. The number of hydrogen-bond donors (Lipinski definition) is 0. The van der Waals surface area contributed by atoms with Crippen molar-refractivity contribution in [1.29, 1.82) is 0 Å². The van der Waals surface area contributed by atoms with Gasteiger partial charge in [-0.3, -0.25) is 0 Å². The predicted octanol–water partition coefficient (Wildman–Crippen LogP) is 3.41. The van der Waals surface area contributed by atoms with Gasteiger partial charge in [0.2, 0.25) is 0 Å². The van der Waals surface area contributed by atoms with Crippen LogP contribution in [0.3, 0.4) is 0 Å². The van der Waals surface area contributed by atoms with Gasteiger partial charge in [0.25, 0.3) is 0 Å². The lowest BCUT2D eigenvalue weighted by atomic mass is 9.70. The highest BCUT2D eigenvalue weighted by Gasteiger charge is 2.62. The molecule has 2 nitrogen and oxygen atoms in total. The van der Waals surface area contributed by atoms with E-state index in [1.165, 1.54) is 12.8 Å². The summed E-state index contributed by atoms with van der Waals surface area (Å²) in [5.41, 5.74) is 0.423. The maximum absolute atomic E-state index is 6.04. The molecular weight excluding hydrogens is 200 g/mol. The summed E-state index contributed by atoms with van der Waals surface area (Å²) in [4.78, 5) is 0.